The molecule has 0 bridgehead atoms. The van der Waals surface area contributed by atoms with Crippen molar-refractivity contribution in [1.29, 1.82) is 0 Å². The Morgan fingerprint density at radius 1 is 1.55 bits per heavy atom. The van der Waals surface area contributed by atoms with Crippen LogP contribution in [0.2, 0.25) is 0 Å². The van der Waals surface area contributed by atoms with Crippen LogP contribution in [0.3, 0.4) is 0 Å². The van der Waals surface area contributed by atoms with Gasteiger partial charge >= 0.3 is 0 Å². The van der Waals surface area contributed by atoms with E-state index in [2.05, 4.69) is 32.4 Å². The Bertz CT molecular complexity index is 151. The molecule has 0 amide bonds. The highest BCUT2D eigenvalue weighted by molar-refractivity contribution is 5.00. The molecule has 0 aliphatic carbocycles. The Morgan fingerprint density at radius 2 is 2.18 bits per heavy atom. The van der Waals surface area contributed by atoms with Crippen LogP contribution >= 0.6 is 0 Å². The minimum Gasteiger partial charge on any atom is -0.306 e. The monoisotopic (exact) mass is 153 g/mol. The molecular formula is C10H19N. The first-order valence-corrected chi connectivity index (χ1v) is 4.45. The summed E-state index contributed by atoms with van der Waals surface area (Å²) in [6.07, 6.45) is 1.30. The van der Waals surface area contributed by atoms with E-state index in [4.69, 9.17) is 0 Å². The number of nitrogens with zero attached hydrogens (tertiary/aromatic N) is 1. The third-order valence-electron chi connectivity index (χ3n) is 2.74. The Balaban J connectivity index is 2.50. The van der Waals surface area contributed by atoms with Crippen LogP contribution < -0.4 is 0 Å². The lowest BCUT2D eigenvalue weighted by atomic mass is 9.83. The maximum absolute atomic E-state index is 4.04. The van der Waals surface area contributed by atoms with Crippen molar-refractivity contribution in [3.8, 4) is 0 Å². The number of rotatable bonds is 1. The van der Waals surface area contributed by atoms with Crippen LogP contribution in [0.4, 0.5) is 0 Å². The average molecular weight is 153 g/mol. The summed E-state index contributed by atoms with van der Waals surface area (Å²) < 4.78 is 0. The highest BCUT2D eigenvalue weighted by Crippen LogP contribution is 2.27. The molecule has 64 valence electrons. The van der Waals surface area contributed by atoms with Gasteiger partial charge in [0.1, 0.15) is 0 Å². The standard InChI is InChI=1S/C10H19N/c1-8(2)10-5-6-11(4)7-9(10)3/h9-10H,1,5-7H2,2-4H3/t9?,10-/m1/s1. The molecule has 1 heterocycles. The molecule has 1 heteroatoms. The van der Waals surface area contributed by atoms with Crippen molar-refractivity contribution in [2.75, 3.05) is 20.1 Å². The van der Waals surface area contributed by atoms with Gasteiger partial charge in [0, 0.05) is 6.54 Å². The summed E-state index contributed by atoms with van der Waals surface area (Å²) in [6, 6.07) is 0. The SMILES string of the molecule is C=C(C)[C@H]1CCN(C)CC1C. The fourth-order valence-electron chi connectivity index (χ4n) is 2.09. The third kappa shape index (κ3) is 2.06. The quantitative estimate of drug-likeness (QED) is 0.522. The van der Waals surface area contributed by atoms with E-state index >= 15 is 0 Å². The van der Waals surface area contributed by atoms with Crippen molar-refractivity contribution in [2.45, 2.75) is 20.3 Å². The van der Waals surface area contributed by atoms with Crippen LogP contribution in [0.5, 0.6) is 0 Å². The molecule has 0 aromatic rings. The van der Waals surface area contributed by atoms with Crippen LogP contribution in [0.25, 0.3) is 0 Å². The molecule has 1 unspecified atom stereocenters. The molecule has 11 heavy (non-hydrogen) atoms. The van der Waals surface area contributed by atoms with E-state index in [-0.39, 0.29) is 0 Å². The minimum absolute atomic E-state index is 0.770. The van der Waals surface area contributed by atoms with Crippen molar-refractivity contribution >= 4 is 0 Å². The van der Waals surface area contributed by atoms with Crippen LogP contribution in [0, 0.1) is 11.8 Å². The van der Waals surface area contributed by atoms with Gasteiger partial charge in [-0.3, -0.25) is 0 Å². The second-order valence-corrected chi connectivity index (χ2v) is 3.98. The van der Waals surface area contributed by atoms with Gasteiger partial charge in [-0.1, -0.05) is 19.1 Å². The molecule has 2 atom stereocenters. The zero-order valence-electron chi connectivity index (χ0n) is 7.93. The van der Waals surface area contributed by atoms with Gasteiger partial charge in [-0.2, -0.15) is 0 Å². The zero-order chi connectivity index (χ0) is 8.43. The van der Waals surface area contributed by atoms with Crippen molar-refractivity contribution in [3.05, 3.63) is 12.2 Å². The largest absolute Gasteiger partial charge is 0.306 e. The molecule has 0 aromatic carbocycles. The second kappa shape index (κ2) is 3.40. The number of allylic oxidation sites excluding steroid dienone is 1. The summed E-state index contributed by atoms with van der Waals surface area (Å²) in [5.41, 5.74) is 1.37. The van der Waals surface area contributed by atoms with Gasteiger partial charge in [-0.15, -0.1) is 0 Å². The highest BCUT2D eigenvalue weighted by atomic mass is 15.1. The molecule has 0 aromatic heterocycles. The Hall–Kier alpha value is -0.300. The topological polar surface area (TPSA) is 3.24 Å². The van der Waals surface area contributed by atoms with Gasteiger partial charge in [0.05, 0.1) is 0 Å². The maximum atomic E-state index is 4.04. The summed E-state index contributed by atoms with van der Waals surface area (Å²) in [4.78, 5) is 2.41. The van der Waals surface area contributed by atoms with E-state index in [0.29, 0.717) is 0 Å². The number of hydrogen-bond acceptors (Lipinski definition) is 1. The molecule has 1 saturated heterocycles. The van der Waals surface area contributed by atoms with E-state index < -0.39 is 0 Å². The molecular weight excluding hydrogens is 134 g/mol. The molecule has 1 aliphatic heterocycles. The van der Waals surface area contributed by atoms with Gasteiger partial charge in [0.15, 0.2) is 0 Å². The first-order chi connectivity index (χ1) is 5.11. The van der Waals surface area contributed by atoms with Gasteiger partial charge in [-0.05, 0) is 38.8 Å². The zero-order valence-corrected chi connectivity index (χ0v) is 7.93. The van der Waals surface area contributed by atoms with Crippen molar-refractivity contribution in [3.63, 3.8) is 0 Å². The molecule has 0 N–H and O–H groups in total. The number of likely N-dealkylation sites (tertiary alicyclic amines) is 1. The predicted molar refractivity (Wildman–Crippen MR) is 49.6 cm³/mol. The molecule has 0 radical (unpaired) electrons. The van der Waals surface area contributed by atoms with Crippen LogP contribution in [-0.2, 0) is 0 Å². The van der Waals surface area contributed by atoms with Crippen LogP contribution in [-0.4, -0.2) is 25.0 Å². The summed E-state index contributed by atoms with van der Waals surface area (Å²) in [6.45, 7) is 11.0. The lowest BCUT2D eigenvalue weighted by Gasteiger charge is -2.35. The van der Waals surface area contributed by atoms with Crippen LogP contribution in [0.15, 0.2) is 12.2 Å². The normalized spacial score (nSPS) is 33.7. The smallest absolute Gasteiger partial charge is 0.000970 e. The van der Waals surface area contributed by atoms with E-state index in [0.717, 1.165) is 11.8 Å². The fraction of sp³-hybridized carbons (Fsp3) is 0.800. The van der Waals surface area contributed by atoms with Crippen molar-refractivity contribution in [2.24, 2.45) is 11.8 Å². The molecule has 0 spiro atoms. The Labute approximate surface area is 70.1 Å². The molecule has 0 saturated carbocycles. The summed E-state index contributed by atoms with van der Waals surface area (Å²) in [7, 11) is 2.20. The first kappa shape index (κ1) is 8.79. The van der Waals surface area contributed by atoms with Crippen molar-refractivity contribution in [1.82, 2.24) is 4.90 Å². The number of hydrogen-bond donors (Lipinski definition) is 0. The summed E-state index contributed by atoms with van der Waals surface area (Å²) >= 11 is 0. The van der Waals surface area contributed by atoms with E-state index in [1.807, 2.05) is 0 Å². The molecule has 1 nitrogen and oxygen atoms in total. The van der Waals surface area contributed by atoms with E-state index in [1.165, 1.54) is 25.1 Å². The van der Waals surface area contributed by atoms with Gasteiger partial charge < -0.3 is 4.90 Å². The first-order valence-electron chi connectivity index (χ1n) is 4.45. The lowest BCUT2D eigenvalue weighted by Crippen LogP contribution is -2.36. The van der Waals surface area contributed by atoms with E-state index in [9.17, 15) is 0 Å². The second-order valence-electron chi connectivity index (χ2n) is 3.98. The molecule has 1 aliphatic rings. The van der Waals surface area contributed by atoms with Gasteiger partial charge in [0.2, 0.25) is 0 Å². The molecule has 1 fully saturated rings. The van der Waals surface area contributed by atoms with Crippen molar-refractivity contribution < 1.29 is 0 Å². The predicted octanol–water partition coefficient (Wildman–Crippen LogP) is 2.15. The fourth-order valence-corrected chi connectivity index (χ4v) is 2.09. The van der Waals surface area contributed by atoms with Gasteiger partial charge in [-0.25, -0.2) is 0 Å². The highest BCUT2D eigenvalue weighted by Gasteiger charge is 2.23. The third-order valence-corrected chi connectivity index (χ3v) is 2.74. The minimum atomic E-state index is 0.770. The van der Waals surface area contributed by atoms with Gasteiger partial charge in [0.25, 0.3) is 0 Å². The van der Waals surface area contributed by atoms with Crippen LogP contribution in [0.1, 0.15) is 20.3 Å². The summed E-state index contributed by atoms with van der Waals surface area (Å²) in [5, 5.41) is 0. The average Bonchev–Trinajstić information content (AvgIpc) is 1.85. The molecule has 1 rings (SSSR count). The summed E-state index contributed by atoms with van der Waals surface area (Å²) in [5.74, 6) is 1.57. The van der Waals surface area contributed by atoms with E-state index in [1.54, 1.807) is 0 Å². The Morgan fingerprint density at radius 3 is 2.64 bits per heavy atom. The number of piperidine rings is 1. The lowest BCUT2D eigenvalue weighted by molar-refractivity contribution is 0.175. The Kier molecular flexibility index (Phi) is 2.72. The maximum Gasteiger partial charge on any atom is 0.000970 e.